The average Bonchev–Trinajstić information content (AvgIpc) is 2.39. The van der Waals surface area contributed by atoms with E-state index in [1.165, 1.54) is 10.9 Å². The number of anilines is 1. The Bertz CT molecular complexity index is 578. The Kier molecular flexibility index (Phi) is 4.65. The Balaban J connectivity index is 2.51. The first kappa shape index (κ1) is 14.1. The van der Waals surface area contributed by atoms with E-state index >= 15 is 0 Å². The lowest BCUT2D eigenvalue weighted by Gasteiger charge is -2.12. The molecule has 0 fully saturated rings. The van der Waals surface area contributed by atoms with Crippen LogP contribution in [-0.2, 0) is 6.42 Å². The van der Waals surface area contributed by atoms with Gasteiger partial charge in [-0.1, -0.05) is 31.9 Å². The Morgan fingerprint density at radius 3 is 2.63 bits per heavy atom. The summed E-state index contributed by atoms with van der Waals surface area (Å²) in [5.41, 5.74) is 3.37. The molecule has 0 unspecified atom stereocenters. The first-order chi connectivity index (χ1) is 9.15. The van der Waals surface area contributed by atoms with Crippen LogP contribution in [0.25, 0.3) is 10.9 Å². The SMILES string of the molecule is CCCNc1nc2cc(Cl)c(C)cc2cc1CCC. The summed E-state index contributed by atoms with van der Waals surface area (Å²) in [5, 5.41) is 5.38. The highest BCUT2D eigenvalue weighted by molar-refractivity contribution is 6.32. The third-order valence-electron chi connectivity index (χ3n) is 3.24. The molecule has 0 aliphatic carbocycles. The van der Waals surface area contributed by atoms with Crippen molar-refractivity contribution < 1.29 is 0 Å². The normalized spacial score (nSPS) is 10.9. The van der Waals surface area contributed by atoms with Gasteiger partial charge in [0.2, 0.25) is 0 Å². The maximum atomic E-state index is 6.18. The summed E-state index contributed by atoms with van der Waals surface area (Å²) in [6.07, 6.45) is 3.27. The van der Waals surface area contributed by atoms with Gasteiger partial charge in [-0.3, -0.25) is 0 Å². The molecule has 19 heavy (non-hydrogen) atoms. The van der Waals surface area contributed by atoms with Crippen molar-refractivity contribution in [1.82, 2.24) is 4.98 Å². The zero-order valence-electron chi connectivity index (χ0n) is 11.9. The molecule has 2 nitrogen and oxygen atoms in total. The van der Waals surface area contributed by atoms with E-state index in [-0.39, 0.29) is 0 Å². The number of halogens is 1. The summed E-state index contributed by atoms with van der Waals surface area (Å²) in [7, 11) is 0. The fourth-order valence-corrected chi connectivity index (χ4v) is 2.37. The van der Waals surface area contributed by atoms with Gasteiger partial charge >= 0.3 is 0 Å². The predicted molar refractivity (Wildman–Crippen MR) is 84.3 cm³/mol. The minimum atomic E-state index is 0.782. The van der Waals surface area contributed by atoms with Crippen LogP contribution in [0, 0.1) is 6.92 Å². The molecule has 0 saturated heterocycles. The monoisotopic (exact) mass is 276 g/mol. The maximum absolute atomic E-state index is 6.18. The van der Waals surface area contributed by atoms with Crippen molar-refractivity contribution in [2.75, 3.05) is 11.9 Å². The molecule has 3 heteroatoms. The molecule has 1 heterocycles. The highest BCUT2D eigenvalue weighted by atomic mass is 35.5. The number of aryl methyl sites for hydroxylation is 2. The third-order valence-corrected chi connectivity index (χ3v) is 3.64. The number of hydrogen-bond acceptors (Lipinski definition) is 2. The van der Waals surface area contributed by atoms with Gasteiger partial charge in [0.25, 0.3) is 0 Å². The van der Waals surface area contributed by atoms with Gasteiger partial charge in [0.1, 0.15) is 5.82 Å². The van der Waals surface area contributed by atoms with E-state index in [1.807, 2.05) is 13.0 Å². The summed E-state index contributed by atoms with van der Waals surface area (Å²) in [6, 6.07) is 6.32. The molecule has 0 aliphatic rings. The van der Waals surface area contributed by atoms with Crippen molar-refractivity contribution in [2.45, 2.75) is 40.0 Å². The molecule has 2 rings (SSSR count). The minimum Gasteiger partial charge on any atom is -0.370 e. The molecule has 1 aromatic heterocycles. The molecule has 0 aliphatic heterocycles. The van der Waals surface area contributed by atoms with Gasteiger partial charge in [-0.2, -0.15) is 0 Å². The van der Waals surface area contributed by atoms with E-state index in [9.17, 15) is 0 Å². The summed E-state index contributed by atoms with van der Waals surface area (Å²) >= 11 is 6.18. The Labute approximate surface area is 120 Å². The van der Waals surface area contributed by atoms with Gasteiger partial charge in [0.15, 0.2) is 0 Å². The zero-order valence-corrected chi connectivity index (χ0v) is 12.6. The van der Waals surface area contributed by atoms with Crippen LogP contribution in [0.3, 0.4) is 0 Å². The van der Waals surface area contributed by atoms with E-state index in [2.05, 4.69) is 31.3 Å². The second-order valence-corrected chi connectivity index (χ2v) is 5.37. The fraction of sp³-hybridized carbons (Fsp3) is 0.438. The fourth-order valence-electron chi connectivity index (χ4n) is 2.21. The van der Waals surface area contributed by atoms with Crippen molar-refractivity contribution in [3.8, 4) is 0 Å². The molecule has 0 bridgehead atoms. The van der Waals surface area contributed by atoms with Crippen molar-refractivity contribution in [1.29, 1.82) is 0 Å². The Morgan fingerprint density at radius 2 is 1.95 bits per heavy atom. The first-order valence-corrected chi connectivity index (χ1v) is 7.37. The van der Waals surface area contributed by atoms with Crippen molar-refractivity contribution in [3.05, 3.63) is 34.3 Å². The number of hydrogen-bond donors (Lipinski definition) is 1. The van der Waals surface area contributed by atoms with Gasteiger partial charge in [-0.25, -0.2) is 4.98 Å². The van der Waals surface area contributed by atoms with E-state index in [0.717, 1.165) is 47.7 Å². The topological polar surface area (TPSA) is 24.9 Å². The Hall–Kier alpha value is -1.28. The van der Waals surface area contributed by atoms with Crippen LogP contribution < -0.4 is 5.32 Å². The molecule has 0 saturated carbocycles. The second kappa shape index (κ2) is 6.25. The van der Waals surface area contributed by atoms with Crippen molar-refractivity contribution >= 4 is 28.3 Å². The van der Waals surface area contributed by atoms with Crippen LogP contribution in [0.5, 0.6) is 0 Å². The smallest absolute Gasteiger partial charge is 0.129 e. The third kappa shape index (κ3) is 3.19. The lowest BCUT2D eigenvalue weighted by molar-refractivity contribution is 0.906. The number of nitrogens with one attached hydrogen (secondary N) is 1. The van der Waals surface area contributed by atoms with Crippen LogP contribution in [0.1, 0.15) is 37.8 Å². The molecule has 102 valence electrons. The highest BCUT2D eigenvalue weighted by Crippen LogP contribution is 2.26. The van der Waals surface area contributed by atoms with Crippen LogP contribution in [0.2, 0.25) is 5.02 Å². The standard InChI is InChI=1S/C16H21ClN2/c1-4-6-12-9-13-8-11(3)14(17)10-15(13)19-16(12)18-7-5-2/h8-10H,4-7H2,1-3H3,(H,18,19). The van der Waals surface area contributed by atoms with Gasteiger partial charge in [0, 0.05) is 17.0 Å². The summed E-state index contributed by atoms with van der Waals surface area (Å²) in [5.74, 6) is 1.01. The van der Waals surface area contributed by atoms with Crippen LogP contribution in [0.4, 0.5) is 5.82 Å². The van der Waals surface area contributed by atoms with E-state index < -0.39 is 0 Å². The lowest BCUT2D eigenvalue weighted by atomic mass is 10.1. The largest absolute Gasteiger partial charge is 0.370 e. The molecule has 1 N–H and O–H groups in total. The second-order valence-electron chi connectivity index (χ2n) is 4.97. The first-order valence-electron chi connectivity index (χ1n) is 6.99. The number of aromatic nitrogens is 1. The quantitative estimate of drug-likeness (QED) is 0.834. The Morgan fingerprint density at radius 1 is 1.16 bits per heavy atom. The number of fused-ring (bicyclic) bond motifs is 1. The summed E-state index contributed by atoms with van der Waals surface area (Å²) < 4.78 is 0. The van der Waals surface area contributed by atoms with Gasteiger partial charge in [0.05, 0.1) is 5.52 Å². The minimum absolute atomic E-state index is 0.782. The summed E-state index contributed by atoms with van der Waals surface area (Å²) in [6.45, 7) is 7.34. The van der Waals surface area contributed by atoms with E-state index in [4.69, 9.17) is 16.6 Å². The van der Waals surface area contributed by atoms with Gasteiger partial charge in [-0.05, 0) is 49.1 Å². The van der Waals surface area contributed by atoms with Crippen LogP contribution in [0.15, 0.2) is 18.2 Å². The molecular weight excluding hydrogens is 256 g/mol. The van der Waals surface area contributed by atoms with E-state index in [1.54, 1.807) is 0 Å². The van der Waals surface area contributed by atoms with Crippen LogP contribution in [-0.4, -0.2) is 11.5 Å². The predicted octanol–water partition coefficient (Wildman–Crippen LogP) is 4.97. The van der Waals surface area contributed by atoms with Gasteiger partial charge < -0.3 is 5.32 Å². The number of rotatable bonds is 5. The molecule has 0 amide bonds. The van der Waals surface area contributed by atoms with Crippen molar-refractivity contribution in [2.24, 2.45) is 0 Å². The molecule has 0 radical (unpaired) electrons. The number of benzene rings is 1. The zero-order chi connectivity index (χ0) is 13.8. The van der Waals surface area contributed by atoms with Gasteiger partial charge in [-0.15, -0.1) is 0 Å². The number of nitrogens with zero attached hydrogens (tertiary/aromatic N) is 1. The lowest BCUT2D eigenvalue weighted by Crippen LogP contribution is -2.05. The maximum Gasteiger partial charge on any atom is 0.129 e. The molecule has 1 aromatic carbocycles. The van der Waals surface area contributed by atoms with Crippen LogP contribution >= 0.6 is 11.6 Å². The molecule has 0 atom stereocenters. The molecular formula is C16H21ClN2. The number of pyridine rings is 1. The van der Waals surface area contributed by atoms with Crippen molar-refractivity contribution in [3.63, 3.8) is 0 Å². The highest BCUT2D eigenvalue weighted by Gasteiger charge is 2.08. The molecule has 0 spiro atoms. The van der Waals surface area contributed by atoms with E-state index in [0.29, 0.717) is 0 Å². The average molecular weight is 277 g/mol. The molecule has 2 aromatic rings. The summed E-state index contributed by atoms with van der Waals surface area (Å²) in [4.78, 5) is 4.74.